The van der Waals surface area contributed by atoms with E-state index in [9.17, 15) is 8.42 Å². The van der Waals surface area contributed by atoms with Crippen LogP contribution in [0.25, 0.3) is 0 Å². The third kappa shape index (κ3) is 4.49. The standard InChI is InChI=1S/C14H19Cl3N2O2S/c1-2-5-19-6-3-10(4-7-19)18-22(20,21)14-9-12(16)11(15)8-13(14)17/h8-10,18H,2-7H2,1H3. The van der Waals surface area contributed by atoms with Crippen LogP contribution in [0.4, 0.5) is 0 Å². The Morgan fingerprint density at radius 2 is 1.73 bits per heavy atom. The average molecular weight is 386 g/mol. The van der Waals surface area contributed by atoms with Crippen molar-refractivity contribution < 1.29 is 8.42 Å². The molecule has 1 heterocycles. The van der Waals surface area contributed by atoms with Crippen LogP contribution in [-0.2, 0) is 10.0 Å². The number of likely N-dealkylation sites (tertiary alicyclic amines) is 1. The molecule has 1 saturated heterocycles. The van der Waals surface area contributed by atoms with Crippen LogP contribution >= 0.6 is 34.8 Å². The summed E-state index contributed by atoms with van der Waals surface area (Å²) in [5.41, 5.74) is 0. The molecule has 1 aliphatic heterocycles. The molecule has 0 unspecified atom stereocenters. The summed E-state index contributed by atoms with van der Waals surface area (Å²) in [7, 11) is -3.70. The van der Waals surface area contributed by atoms with Gasteiger partial charge in [0, 0.05) is 6.04 Å². The molecule has 1 N–H and O–H groups in total. The van der Waals surface area contributed by atoms with Crippen molar-refractivity contribution in [1.82, 2.24) is 9.62 Å². The number of nitrogens with zero attached hydrogens (tertiary/aromatic N) is 1. The van der Waals surface area contributed by atoms with E-state index in [0.717, 1.165) is 38.9 Å². The maximum absolute atomic E-state index is 12.5. The van der Waals surface area contributed by atoms with Gasteiger partial charge in [-0.1, -0.05) is 41.7 Å². The van der Waals surface area contributed by atoms with E-state index in [1.54, 1.807) is 0 Å². The Bertz CT molecular complexity index is 629. The Balaban J connectivity index is 2.08. The predicted molar refractivity (Wildman–Crippen MR) is 91.5 cm³/mol. The highest BCUT2D eigenvalue weighted by molar-refractivity contribution is 7.89. The fourth-order valence-electron chi connectivity index (χ4n) is 2.58. The summed E-state index contributed by atoms with van der Waals surface area (Å²) in [4.78, 5) is 2.32. The molecular weight excluding hydrogens is 367 g/mol. The molecule has 0 spiro atoms. The lowest BCUT2D eigenvalue weighted by molar-refractivity contribution is 0.208. The van der Waals surface area contributed by atoms with Crippen LogP contribution in [0.2, 0.25) is 15.1 Å². The van der Waals surface area contributed by atoms with Gasteiger partial charge in [0.25, 0.3) is 0 Å². The summed E-state index contributed by atoms with van der Waals surface area (Å²) in [6.07, 6.45) is 2.69. The van der Waals surface area contributed by atoms with Crippen molar-refractivity contribution in [2.75, 3.05) is 19.6 Å². The van der Waals surface area contributed by atoms with Gasteiger partial charge in [-0.3, -0.25) is 0 Å². The first-order valence-corrected chi connectivity index (χ1v) is 9.84. The van der Waals surface area contributed by atoms with Crippen molar-refractivity contribution in [3.8, 4) is 0 Å². The van der Waals surface area contributed by atoms with E-state index in [1.807, 2.05) is 0 Å². The highest BCUT2D eigenvalue weighted by atomic mass is 35.5. The van der Waals surface area contributed by atoms with Crippen LogP contribution in [-0.4, -0.2) is 39.0 Å². The molecule has 0 bridgehead atoms. The van der Waals surface area contributed by atoms with Crippen LogP contribution in [0.1, 0.15) is 26.2 Å². The van der Waals surface area contributed by atoms with Crippen LogP contribution in [0.3, 0.4) is 0 Å². The van der Waals surface area contributed by atoms with E-state index in [4.69, 9.17) is 34.8 Å². The zero-order chi connectivity index (χ0) is 16.3. The second-order valence-corrected chi connectivity index (χ2v) is 8.34. The molecule has 1 aromatic rings. The zero-order valence-electron chi connectivity index (χ0n) is 12.3. The first-order valence-electron chi connectivity index (χ1n) is 7.22. The van der Waals surface area contributed by atoms with E-state index < -0.39 is 10.0 Å². The van der Waals surface area contributed by atoms with Gasteiger partial charge in [0.2, 0.25) is 10.0 Å². The smallest absolute Gasteiger partial charge is 0.242 e. The van der Waals surface area contributed by atoms with Crippen LogP contribution in [0, 0.1) is 0 Å². The minimum absolute atomic E-state index is 0.0282. The monoisotopic (exact) mass is 384 g/mol. The molecule has 8 heteroatoms. The summed E-state index contributed by atoms with van der Waals surface area (Å²) < 4.78 is 27.7. The fourth-order valence-corrected chi connectivity index (χ4v) is 4.89. The number of benzene rings is 1. The number of nitrogens with one attached hydrogen (secondary N) is 1. The van der Waals surface area contributed by atoms with E-state index in [-0.39, 0.29) is 26.0 Å². The Morgan fingerprint density at radius 3 is 2.32 bits per heavy atom. The molecule has 0 atom stereocenters. The lowest BCUT2D eigenvalue weighted by Crippen LogP contribution is -2.44. The number of sulfonamides is 1. The minimum Gasteiger partial charge on any atom is -0.303 e. The molecule has 0 aromatic heterocycles. The molecule has 4 nitrogen and oxygen atoms in total. The van der Waals surface area contributed by atoms with Crippen molar-refractivity contribution in [3.05, 3.63) is 27.2 Å². The number of hydrogen-bond donors (Lipinski definition) is 1. The van der Waals surface area contributed by atoms with Crippen molar-refractivity contribution in [2.24, 2.45) is 0 Å². The van der Waals surface area contributed by atoms with Crippen LogP contribution < -0.4 is 4.72 Å². The van der Waals surface area contributed by atoms with E-state index in [1.165, 1.54) is 12.1 Å². The Kier molecular flexibility index (Phi) is 6.39. The Labute approximate surface area is 146 Å². The topological polar surface area (TPSA) is 49.4 Å². The van der Waals surface area contributed by atoms with E-state index in [0.29, 0.717) is 0 Å². The van der Waals surface area contributed by atoms with Gasteiger partial charge in [-0.05, 0) is 51.0 Å². The molecule has 0 aliphatic carbocycles. The third-order valence-electron chi connectivity index (χ3n) is 3.71. The highest BCUT2D eigenvalue weighted by Gasteiger charge is 2.26. The molecule has 1 fully saturated rings. The summed E-state index contributed by atoms with van der Waals surface area (Å²) in [6, 6.07) is 2.56. The van der Waals surface area contributed by atoms with Crippen LogP contribution in [0.5, 0.6) is 0 Å². The van der Waals surface area contributed by atoms with E-state index >= 15 is 0 Å². The average Bonchev–Trinajstić information content (AvgIpc) is 2.45. The summed E-state index contributed by atoms with van der Waals surface area (Å²) in [6.45, 7) is 4.99. The van der Waals surface area contributed by atoms with Gasteiger partial charge in [-0.15, -0.1) is 0 Å². The summed E-state index contributed by atoms with van der Waals surface area (Å²) in [5.74, 6) is 0. The molecule has 0 radical (unpaired) electrons. The molecule has 2 rings (SSSR count). The molecule has 0 amide bonds. The molecule has 1 aromatic carbocycles. The summed E-state index contributed by atoms with van der Waals surface area (Å²) in [5, 5.41) is 0.480. The Morgan fingerprint density at radius 1 is 1.14 bits per heavy atom. The highest BCUT2D eigenvalue weighted by Crippen LogP contribution is 2.31. The van der Waals surface area contributed by atoms with Gasteiger partial charge < -0.3 is 4.90 Å². The van der Waals surface area contributed by atoms with Gasteiger partial charge >= 0.3 is 0 Å². The molecule has 0 saturated carbocycles. The molecule has 1 aliphatic rings. The lowest BCUT2D eigenvalue weighted by atomic mass is 10.1. The SMILES string of the molecule is CCCN1CCC(NS(=O)(=O)c2cc(Cl)c(Cl)cc2Cl)CC1. The van der Waals surface area contributed by atoms with Crippen molar-refractivity contribution in [3.63, 3.8) is 0 Å². The van der Waals surface area contributed by atoms with Gasteiger partial charge in [-0.25, -0.2) is 13.1 Å². The number of rotatable bonds is 5. The maximum Gasteiger partial charge on any atom is 0.242 e. The lowest BCUT2D eigenvalue weighted by Gasteiger charge is -2.31. The number of hydrogen-bond acceptors (Lipinski definition) is 3. The van der Waals surface area contributed by atoms with Gasteiger partial charge in [0.15, 0.2) is 0 Å². The van der Waals surface area contributed by atoms with Crippen molar-refractivity contribution in [1.29, 1.82) is 0 Å². The van der Waals surface area contributed by atoms with Crippen molar-refractivity contribution in [2.45, 2.75) is 37.1 Å². The second kappa shape index (κ2) is 7.69. The number of halogens is 3. The van der Waals surface area contributed by atoms with Gasteiger partial charge in [0.05, 0.1) is 15.1 Å². The predicted octanol–water partition coefficient (Wildman–Crippen LogP) is 3.80. The second-order valence-electron chi connectivity index (χ2n) is 5.43. The molecule has 124 valence electrons. The van der Waals surface area contributed by atoms with Gasteiger partial charge in [-0.2, -0.15) is 0 Å². The summed E-state index contributed by atoms with van der Waals surface area (Å²) >= 11 is 17.7. The minimum atomic E-state index is -3.70. The van der Waals surface area contributed by atoms with Gasteiger partial charge in [0.1, 0.15) is 4.90 Å². The zero-order valence-corrected chi connectivity index (χ0v) is 15.4. The largest absolute Gasteiger partial charge is 0.303 e. The first-order chi connectivity index (χ1) is 10.3. The first kappa shape index (κ1) is 18.3. The molecular formula is C14H19Cl3N2O2S. The Hall–Kier alpha value is -0.0400. The molecule has 22 heavy (non-hydrogen) atoms. The fraction of sp³-hybridized carbons (Fsp3) is 0.571. The number of piperidine rings is 1. The quantitative estimate of drug-likeness (QED) is 0.784. The normalized spacial score (nSPS) is 17.8. The van der Waals surface area contributed by atoms with Crippen LogP contribution in [0.15, 0.2) is 17.0 Å². The van der Waals surface area contributed by atoms with Crippen molar-refractivity contribution >= 4 is 44.8 Å². The maximum atomic E-state index is 12.5. The third-order valence-corrected chi connectivity index (χ3v) is 6.42. The van der Waals surface area contributed by atoms with E-state index in [2.05, 4.69) is 16.5 Å².